The van der Waals surface area contributed by atoms with Gasteiger partial charge in [0.2, 0.25) is 5.91 Å². The zero-order chi connectivity index (χ0) is 36.8. The number of carbonyl (C=O) groups excluding carboxylic acids is 1. The maximum absolute atomic E-state index is 12.5. The minimum absolute atomic E-state index is 0.270. The fourth-order valence-corrected chi connectivity index (χ4v) is 6.39. The Balaban J connectivity index is 4.00. The van der Waals surface area contributed by atoms with Crippen molar-refractivity contribution in [3.63, 3.8) is 0 Å². The van der Waals surface area contributed by atoms with Gasteiger partial charge in [-0.2, -0.15) is 8.42 Å². The number of allylic oxidation sites excluding steroid dienone is 11. The highest BCUT2D eigenvalue weighted by Gasteiger charge is 2.24. The first-order valence-electron chi connectivity index (χ1n) is 20.1. The predicted molar refractivity (Wildman–Crippen MR) is 216 cm³/mol. The molecule has 0 bridgehead atoms. The van der Waals surface area contributed by atoms with Crippen molar-refractivity contribution in [2.45, 2.75) is 187 Å². The minimum atomic E-state index is -4.35. The number of amides is 1. The van der Waals surface area contributed by atoms with E-state index in [-0.39, 0.29) is 12.3 Å². The van der Waals surface area contributed by atoms with E-state index in [1.165, 1.54) is 64.2 Å². The molecule has 0 aromatic carbocycles. The van der Waals surface area contributed by atoms with E-state index in [1.807, 2.05) is 6.08 Å². The molecule has 7 heteroatoms. The van der Waals surface area contributed by atoms with Crippen LogP contribution in [0.2, 0.25) is 0 Å². The van der Waals surface area contributed by atoms with Crippen LogP contribution in [-0.2, 0) is 14.9 Å². The molecule has 3 N–H and O–H groups in total. The maximum atomic E-state index is 12.5. The number of rotatable bonds is 35. The SMILES string of the molecule is CC/C=C\C/C=C\C/C=C\C/C=C\C/C=C\CCCCCCCC(=O)NC(CS(=O)(=O)O)C(O)/C=C/CCCCCCCCCCCCCC. The average molecular weight is 718 g/mol. The largest absolute Gasteiger partial charge is 0.387 e. The van der Waals surface area contributed by atoms with Gasteiger partial charge in [0.25, 0.3) is 10.1 Å². The van der Waals surface area contributed by atoms with E-state index in [0.29, 0.717) is 6.42 Å². The molecule has 0 aliphatic rings. The van der Waals surface area contributed by atoms with Crippen LogP contribution in [0.3, 0.4) is 0 Å². The molecule has 0 rings (SSSR count). The summed E-state index contributed by atoms with van der Waals surface area (Å²) in [7, 11) is -4.35. The highest BCUT2D eigenvalue weighted by atomic mass is 32.2. The maximum Gasteiger partial charge on any atom is 0.267 e. The number of aliphatic hydroxyl groups excluding tert-OH is 1. The van der Waals surface area contributed by atoms with E-state index >= 15 is 0 Å². The molecule has 0 aliphatic heterocycles. The molecular formula is C43H75NO5S. The zero-order valence-electron chi connectivity index (χ0n) is 32.0. The standard InChI is InChI=1S/C43H75NO5S/c1-3-5-7-9-11-13-15-17-19-20-21-22-23-24-25-27-29-31-33-35-37-39-43(46)44-41(40-50(47,48)49)42(45)38-36-34-32-30-28-26-18-16-14-12-10-8-6-4-2/h5,7,11,13,17,19,21-22,24-25,36,38,41-42,45H,3-4,6,8-10,12,14-16,18,20,23,26-35,37,39-40H2,1-2H3,(H,44,46)(H,47,48,49)/b7-5-,13-11-,19-17-,22-21-,25-24-,38-36+. The van der Waals surface area contributed by atoms with Gasteiger partial charge in [-0.1, -0.05) is 177 Å². The molecule has 0 aromatic heterocycles. The van der Waals surface area contributed by atoms with Crippen molar-refractivity contribution >= 4 is 16.0 Å². The van der Waals surface area contributed by atoms with Gasteiger partial charge in [-0.05, 0) is 64.2 Å². The molecule has 0 heterocycles. The number of hydrogen-bond donors (Lipinski definition) is 3. The van der Waals surface area contributed by atoms with E-state index in [2.05, 4.69) is 79.9 Å². The second kappa shape index (κ2) is 36.6. The molecule has 0 spiro atoms. The summed E-state index contributed by atoms with van der Waals surface area (Å²) in [6, 6.07) is -1.07. The summed E-state index contributed by atoms with van der Waals surface area (Å²) < 4.78 is 32.5. The second-order valence-corrected chi connectivity index (χ2v) is 15.0. The summed E-state index contributed by atoms with van der Waals surface area (Å²) in [5, 5.41) is 13.2. The molecule has 288 valence electrons. The van der Waals surface area contributed by atoms with Gasteiger partial charge in [0.15, 0.2) is 0 Å². The molecule has 0 saturated heterocycles. The van der Waals surface area contributed by atoms with Gasteiger partial charge < -0.3 is 10.4 Å². The number of hydrogen-bond acceptors (Lipinski definition) is 4. The third kappa shape index (κ3) is 37.0. The molecular weight excluding hydrogens is 643 g/mol. The predicted octanol–water partition coefficient (Wildman–Crippen LogP) is 11.8. The quantitative estimate of drug-likeness (QED) is 0.0344. The molecule has 2 atom stereocenters. The number of unbranched alkanes of at least 4 members (excludes halogenated alkanes) is 17. The van der Waals surface area contributed by atoms with Crippen molar-refractivity contribution in [1.82, 2.24) is 5.32 Å². The molecule has 2 unspecified atom stereocenters. The first-order chi connectivity index (χ1) is 24.3. The lowest BCUT2D eigenvalue weighted by Crippen LogP contribution is -2.46. The third-order valence-corrected chi connectivity index (χ3v) is 9.42. The van der Waals surface area contributed by atoms with Crippen molar-refractivity contribution in [3.05, 3.63) is 72.9 Å². The molecule has 0 aliphatic carbocycles. The van der Waals surface area contributed by atoms with Gasteiger partial charge in [-0.3, -0.25) is 9.35 Å². The van der Waals surface area contributed by atoms with Gasteiger partial charge in [0, 0.05) is 6.42 Å². The Labute approximate surface area is 308 Å². The van der Waals surface area contributed by atoms with Gasteiger partial charge in [0.05, 0.1) is 17.9 Å². The summed E-state index contributed by atoms with van der Waals surface area (Å²) in [6.07, 6.45) is 51.6. The van der Waals surface area contributed by atoms with E-state index in [9.17, 15) is 22.9 Å². The monoisotopic (exact) mass is 718 g/mol. The average Bonchev–Trinajstić information content (AvgIpc) is 3.08. The van der Waals surface area contributed by atoms with Crippen molar-refractivity contribution in [3.8, 4) is 0 Å². The Morgan fingerprint density at radius 2 is 0.960 bits per heavy atom. The van der Waals surface area contributed by atoms with E-state index in [4.69, 9.17) is 0 Å². The molecule has 1 amide bonds. The van der Waals surface area contributed by atoms with Gasteiger partial charge >= 0.3 is 0 Å². The molecule has 6 nitrogen and oxygen atoms in total. The van der Waals surface area contributed by atoms with Crippen LogP contribution in [0, 0.1) is 0 Å². The van der Waals surface area contributed by atoms with E-state index in [1.54, 1.807) is 6.08 Å². The third-order valence-electron chi connectivity index (χ3n) is 8.64. The Hall–Kier alpha value is -2.22. The van der Waals surface area contributed by atoms with Crippen LogP contribution in [-0.4, -0.2) is 41.9 Å². The van der Waals surface area contributed by atoms with Crippen LogP contribution < -0.4 is 5.32 Å². The highest BCUT2D eigenvalue weighted by Crippen LogP contribution is 2.13. The minimum Gasteiger partial charge on any atom is -0.387 e. The lowest BCUT2D eigenvalue weighted by atomic mass is 10.0. The first kappa shape index (κ1) is 47.8. The lowest BCUT2D eigenvalue weighted by molar-refractivity contribution is -0.122. The molecule has 0 radical (unpaired) electrons. The first-order valence-corrected chi connectivity index (χ1v) is 21.7. The smallest absolute Gasteiger partial charge is 0.267 e. The topological polar surface area (TPSA) is 104 Å². The zero-order valence-corrected chi connectivity index (χ0v) is 32.8. The van der Waals surface area contributed by atoms with Crippen LogP contribution >= 0.6 is 0 Å². The summed E-state index contributed by atoms with van der Waals surface area (Å²) in [6.45, 7) is 4.40. The lowest BCUT2D eigenvalue weighted by Gasteiger charge is -2.21. The Morgan fingerprint density at radius 3 is 1.42 bits per heavy atom. The van der Waals surface area contributed by atoms with Crippen molar-refractivity contribution < 1.29 is 22.9 Å². The molecule has 50 heavy (non-hydrogen) atoms. The van der Waals surface area contributed by atoms with Crippen LogP contribution in [0.25, 0.3) is 0 Å². The van der Waals surface area contributed by atoms with Crippen molar-refractivity contribution in [1.29, 1.82) is 0 Å². The fraction of sp³-hybridized carbons (Fsp3) is 0.698. The van der Waals surface area contributed by atoms with Gasteiger partial charge in [-0.15, -0.1) is 0 Å². The van der Waals surface area contributed by atoms with Gasteiger partial charge in [-0.25, -0.2) is 0 Å². The fourth-order valence-electron chi connectivity index (χ4n) is 5.65. The Morgan fingerprint density at radius 1 is 0.560 bits per heavy atom. The Kier molecular flexibility index (Phi) is 34.9. The summed E-state index contributed by atoms with van der Waals surface area (Å²) in [5.41, 5.74) is 0. The normalized spacial score (nSPS) is 14.1. The van der Waals surface area contributed by atoms with Crippen molar-refractivity contribution in [2.75, 3.05) is 5.75 Å². The molecule has 0 aromatic rings. The van der Waals surface area contributed by atoms with Crippen LogP contribution in [0.1, 0.15) is 174 Å². The van der Waals surface area contributed by atoms with Crippen LogP contribution in [0.4, 0.5) is 0 Å². The van der Waals surface area contributed by atoms with E-state index < -0.39 is 28.0 Å². The summed E-state index contributed by atoms with van der Waals surface area (Å²) in [4.78, 5) is 12.5. The highest BCUT2D eigenvalue weighted by molar-refractivity contribution is 7.85. The van der Waals surface area contributed by atoms with Crippen LogP contribution in [0.15, 0.2) is 72.9 Å². The van der Waals surface area contributed by atoms with E-state index in [0.717, 1.165) is 83.5 Å². The molecule has 0 fully saturated rings. The van der Waals surface area contributed by atoms with Crippen molar-refractivity contribution in [2.24, 2.45) is 0 Å². The van der Waals surface area contributed by atoms with Crippen LogP contribution in [0.5, 0.6) is 0 Å². The summed E-state index contributed by atoms with van der Waals surface area (Å²) in [5.74, 6) is -1.01. The number of carbonyl (C=O) groups is 1. The second-order valence-electron chi connectivity index (χ2n) is 13.5. The van der Waals surface area contributed by atoms with Gasteiger partial charge in [0.1, 0.15) is 0 Å². The Bertz CT molecular complexity index is 1060. The molecule has 0 saturated carbocycles. The number of nitrogens with one attached hydrogen (secondary N) is 1. The summed E-state index contributed by atoms with van der Waals surface area (Å²) >= 11 is 0. The number of aliphatic hydroxyl groups is 1.